The van der Waals surface area contributed by atoms with Gasteiger partial charge in [0.15, 0.2) is 0 Å². The van der Waals surface area contributed by atoms with Crippen LogP contribution in [-0.2, 0) is 11.2 Å². The van der Waals surface area contributed by atoms with Gasteiger partial charge in [0.2, 0.25) is 5.91 Å². The minimum Gasteiger partial charge on any atom is -0.378 e. The Morgan fingerprint density at radius 3 is 2.52 bits per heavy atom. The maximum Gasteiger partial charge on any atom is 0.220 e. The number of carbonyl (C=O) groups excluding carboxylic acids is 1. The van der Waals surface area contributed by atoms with Crippen molar-refractivity contribution in [3.8, 4) is 0 Å². The van der Waals surface area contributed by atoms with Crippen LogP contribution in [0.4, 0.5) is 5.69 Å². The predicted octanol–water partition coefficient (Wildman–Crippen LogP) is 4.09. The molecule has 1 aliphatic heterocycles. The summed E-state index contributed by atoms with van der Waals surface area (Å²) in [6.07, 6.45) is 5.20. The van der Waals surface area contributed by atoms with Crippen molar-refractivity contribution in [1.29, 1.82) is 0 Å². The molecule has 1 aromatic heterocycles. The second kappa shape index (κ2) is 9.90. The van der Waals surface area contributed by atoms with Crippen molar-refractivity contribution < 1.29 is 4.79 Å². The van der Waals surface area contributed by atoms with Gasteiger partial charge in [-0.05, 0) is 61.5 Å². The number of anilines is 1. The molecule has 5 heteroatoms. The van der Waals surface area contributed by atoms with Crippen molar-refractivity contribution >= 4 is 22.9 Å². The van der Waals surface area contributed by atoms with Gasteiger partial charge in [0.25, 0.3) is 0 Å². The van der Waals surface area contributed by atoms with Crippen molar-refractivity contribution in [2.75, 3.05) is 38.6 Å². The highest BCUT2D eigenvalue weighted by Crippen LogP contribution is 2.26. The molecule has 1 saturated heterocycles. The molecular weight excluding hydrogens is 354 g/mol. The summed E-state index contributed by atoms with van der Waals surface area (Å²) in [5.74, 6) is 0.148. The third-order valence-corrected chi connectivity index (χ3v) is 6.23. The first kappa shape index (κ1) is 19.9. The lowest BCUT2D eigenvalue weighted by Crippen LogP contribution is -2.40. The van der Waals surface area contributed by atoms with Crippen LogP contribution < -0.4 is 10.2 Å². The number of aryl methyl sites for hydroxylation is 1. The van der Waals surface area contributed by atoms with Crippen LogP contribution in [0.15, 0.2) is 41.8 Å². The fraction of sp³-hybridized carbons (Fsp3) is 0.500. The summed E-state index contributed by atoms with van der Waals surface area (Å²) in [5.41, 5.74) is 2.50. The molecule has 1 aromatic carbocycles. The molecule has 1 aliphatic rings. The number of carbonyl (C=O) groups is 1. The maximum atomic E-state index is 12.4. The van der Waals surface area contributed by atoms with E-state index in [2.05, 4.69) is 64.9 Å². The molecule has 2 aromatic rings. The minimum absolute atomic E-state index is 0.148. The Morgan fingerprint density at radius 2 is 1.89 bits per heavy atom. The number of amides is 1. The molecular formula is C22H31N3OS. The van der Waals surface area contributed by atoms with Crippen LogP contribution in [0.2, 0.25) is 0 Å². The lowest BCUT2D eigenvalue weighted by molar-refractivity contribution is -0.121. The number of benzene rings is 1. The van der Waals surface area contributed by atoms with E-state index in [4.69, 9.17) is 0 Å². The van der Waals surface area contributed by atoms with Gasteiger partial charge in [-0.15, -0.1) is 11.3 Å². The van der Waals surface area contributed by atoms with Crippen molar-refractivity contribution in [2.24, 2.45) is 0 Å². The van der Waals surface area contributed by atoms with Crippen molar-refractivity contribution in [3.05, 3.63) is 52.2 Å². The van der Waals surface area contributed by atoms with E-state index in [0.29, 0.717) is 13.0 Å². The predicted molar refractivity (Wildman–Crippen MR) is 115 cm³/mol. The van der Waals surface area contributed by atoms with Gasteiger partial charge in [0.05, 0.1) is 6.04 Å². The van der Waals surface area contributed by atoms with Crippen LogP contribution in [0.5, 0.6) is 0 Å². The van der Waals surface area contributed by atoms with Gasteiger partial charge in [0.1, 0.15) is 0 Å². The first-order valence-corrected chi connectivity index (χ1v) is 10.8. The van der Waals surface area contributed by atoms with Gasteiger partial charge in [-0.1, -0.05) is 24.6 Å². The highest BCUT2D eigenvalue weighted by molar-refractivity contribution is 7.09. The number of hydrogen-bond donors (Lipinski definition) is 1. The summed E-state index contributed by atoms with van der Waals surface area (Å²) < 4.78 is 0. The van der Waals surface area contributed by atoms with Crippen LogP contribution in [-0.4, -0.2) is 44.5 Å². The average Bonchev–Trinajstić information content (AvgIpc) is 3.21. The standard InChI is InChI=1S/C22H31N3OS/c1-24(2)19-10-8-18(9-11-19)21(25-14-4-3-5-15-25)17-23-22(26)13-12-20-7-6-16-27-20/h6-11,16,21H,3-5,12-15,17H2,1-2H3,(H,23,26). The molecule has 2 heterocycles. The van der Waals surface area contributed by atoms with Crippen molar-refractivity contribution in [2.45, 2.75) is 38.1 Å². The lowest BCUT2D eigenvalue weighted by Gasteiger charge is -2.35. The Morgan fingerprint density at radius 1 is 1.15 bits per heavy atom. The zero-order chi connectivity index (χ0) is 19.1. The smallest absolute Gasteiger partial charge is 0.220 e. The zero-order valence-electron chi connectivity index (χ0n) is 16.5. The van der Waals surface area contributed by atoms with Crippen LogP contribution in [0.3, 0.4) is 0 Å². The summed E-state index contributed by atoms with van der Waals surface area (Å²) in [4.78, 5) is 18.3. The summed E-state index contributed by atoms with van der Waals surface area (Å²) >= 11 is 1.72. The Balaban J connectivity index is 1.61. The summed E-state index contributed by atoms with van der Waals surface area (Å²) in [7, 11) is 4.12. The second-order valence-corrected chi connectivity index (χ2v) is 8.51. The molecule has 1 unspecified atom stereocenters. The Hall–Kier alpha value is -1.85. The third kappa shape index (κ3) is 5.81. The van der Waals surface area contributed by atoms with Crippen LogP contribution in [0, 0.1) is 0 Å². The second-order valence-electron chi connectivity index (χ2n) is 7.48. The summed E-state index contributed by atoms with van der Waals surface area (Å²) in [6.45, 7) is 2.92. The molecule has 1 fully saturated rings. The molecule has 0 radical (unpaired) electrons. The monoisotopic (exact) mass is 385 g/mol. The molecule has 4 nitrogen and oxygen atoms in total. The number of nitrogens with one attached hydrogen (secondary N) is 1. The average molecular weight is 386 g/mol. The van der Waals surface area contributed by atoms with E-state index >= 15 is 0 Å². The number of rotatable bonds is 8. The molecule has 1 amide bonds. The fourth-order valence-corrected chi connectivity index (χ4v) is 4.38. The number of likely N-dealkylation sites (tertiary alicyclic amines) is 1. The molecule has 0 spiro atoms. The molecule has 0 saturated carbocycles. The van der Waals surface area contributed by atoms with Crippen molar-refractivity contribution in [3.63, 3.8) is 0 Å². The van der Waals surface area contributed by atoms with E-state index in [-0.39, 0.29) is 11.9 Å². The summed E-state index contributed by atoms with van der Waals surface area (Å²) in [6, 6.07) is 13.2. The van der Waals surface area contributed by atoms with Crippen LogP contribution in [0.25, 0.3) is 0 Å². The van der Waals surface area contributed by atoms with Gasteiger partial charge >= 0.3 is 0 Å². The minimum atomic E-state index is 0.148. The van der Waals surface area contributed by atoms with Gasteiger partial charge in [-0.2, -0.15) is 0 Å². The fourth-order valence-electron chi connectivity index (χ4n) is 3.67. The van der Waals surface area contributed by atoms with Crippen molar-refractivity contribution in [1.82, 2.24) is 10.2 Å². The topological polar surface area (TPSA) is 35.6 Å². The quantitative estimate of drug-likeness (QED) is 0.743. The molecule has 1 N–H and O–H groups in total. The first-order valence-electron chi connectivity index (χ1n) is 9.94. The molecule has 3 rings (SSSR count). The third-order valence-electron chi connectivity index (χ3n) is 5.30. The van der Waals surface area contributed by atoms with E-state index in [9.17, 15) is 4.79 Å². The Kier molecular flexibility index (Phi) is 7.30. The van der Waals surface area contributed by atoms with Gasteiger partial charge in [-0.25, -0.2) is 0 Å². The molecule has 146 valence electrons. The van der Waals surface area contributed by atoms with E-state index in [1.54, 1.807) is 11.3 Å². The first-order chi connectivity index (χ1) is 13.1. The number of piperidine rings is 1. The molecule has 0 aliphatic carbocycles. The SMILES string of the molecule is CN(C)c1ccc(C(CNC(=O)CCc2cccs2)N2CCCCC2)cc1. The normalized spacial score (nSPS) is 16.1. The van der Waals surface area contributed by atoms with Crippen LogP contribution >= 0.6 is 11.3 Å². The van der Waals surface area contributed by atoms with Gasteiger partial charge < -0.3 is 10.2 Å². The highest BCUT2D eigenvalue weighted by atomic mass is 32.1. The molecule has 27 heavy (non-hydrogen) atoms. The van der Waals surface area contributed by atoms with E-state index in [1.165, 1.54) is 35.4 Å². The maximum absolute atomic E-state index is 12.4. The van der Waals surface area contributed by atoms with Gasteiger partial charge in [-0.3, -0.25) is 9.69 Å². The zero-order valence-corrected chi connectivity index (χ0v) is 17.3. The number of thiophene rings is 1. The van der Waals surface area contributed by atoms with Crippen LogP contribution in [0.1, 0.15) is 42.2 Å². The lowest BCUT2D eigenvalue weighted by atomic mass is 10.0. The molecule has 1 atom stereocenters. The van der Waals surface area contributed by atoms with E-state index < -0.39 is 0 Å². The number of hydrogen-bond acceptors (Lipinski definition) is 4. The van der Waals surface area contributed by atoms with E-state index in [1.807, 2.05) is 6.07 Å². The summed E-state index contributed by atoms with van der Waals surface area (Å²) in [5, 5.41) is 5.26. The number of nitrogens with zero attached hydrogens (tertiary/aromatic N) is 2. The molecule has 0 bridgehead atoms. The van der Waals surface area contributed by atoms with Gasteiger partial charge in [0, 0.05) is 37.6 Å². The highest BCUT2D eigenvalue weighted by Gasteiger charge is 2.23. The van der Waals surface area contributed by atoms with E-state index in [0.717, 1.165) is 19.5 Å². The Bertz CT molecular complexity index is 691. The largest absolute Gasteiger partial charge is 0.378 e. The Labute approximate surface area is 167 Å².